The van der Waals surface area contributed by atoms with Crippen LogP contribution in [-0.4, -0.2) is 9.97 Å². The fraction of sp³-hybridized carbons (Fsp3) is 0.231. The minimum atomic E-state index is 0.400. The molecule has 18 heavy (non-hydrogen) atoms. The third-order valence-electron chi connectivity index (χ3n) is 2.45. The molecular formula is C13H14ClN3O. The molecule has 2 N–H and O–H groups in total. The first-order valence-corrected chi connectivity index (χ1v) is 6.03. The van der Waals surface area contributed by atoms with Crippen molar-refractivity contribution >= 4 is 17.4 Å². The average Bonchev–Trinajstić information content (AvgIpc) is 2.33. The van der Waals surface area contributed by atoms with Gasteiger partial charge in [-0.1, -0.05) is 24.6 Å². The van der Waals surface area contributed by atoms with Gasteiger partial charge in [0.15, 0.2) is 0 Å². The van der Waals surface area contributed by atoms with Crippen molar-refractivity contribution in [2.45, 2.75) is 20.3 Å². The molecule has 0 spiro atoms. The first kappa shape index (κ1) is 12.6. The molecule has 0 aliphatic carbocycles. The molecule has 0 saturated heterocycles. The Labute approximate surface area is 111 Å². The maximum absolute atomic E-state index is 5.94. The molecule has 0 saturated carbocycles. The summed E-state index contributed by atoms with van der Waals surface area (Å²) in [6.45, 7) is 3.90. The number of halogens is 1. The molecule has 0 radical (unpaired) electrons. The fourth-order valence-electron chi connectivity index (χ4n) is 1.50. The highest BCUT2D eigenvalue weighted by molar-refractivity contribution is 6.30. The topological polar surface area (TPSA) is 61.0 Å². The van der Waals surface area contributed by atoms with Crippen molar-refractivity contribution < 1.29 is 4.74 Å². The van der Waals surface area contributed by atoms with Crippen LogP contribution in [0.3, 0.4) is 0 Å². The summed E-state index contributed by atoms with van der Waals surface area (Å²) < 4.78 is 5.70. The normalized spacial score (nSPS) is 10.4. The van der Waals surface area contributed by atoms with Gasteiger partial charge >= 0.3 is 0 Å². The number of nitrogens with two attached hydrogens (primary N) is 1. The summed E-state index contributed by atoms with van der Waals surface area (Å²) in [4.78, 5) is 8.36. The highest BCUT2D eigenvalue weighted by atomic mass is 35.5. The number of rotatable bonds is 3. The van der Waals surface area contributed by atoms with Gasteiger partial charge in [-0.15, -0.1) is 0 Å². The van der Waals surface area contributed by atoms with E-state index in [0.29, 0.717) is 34.7 Å². The molecule has 4 nitrogen and oxygen atoms in total. The molecule has 0 atom stereocenters. The minimum Gasteiger partial charge on any atom is -0.439 e. The van der Waals surface area contributed by atoms with Crippen LogP contribution < -0.4 is 10.5 Å². The quantitative estimate of drug-likeness (QED) is 0.922. The van der Waals surface area contributed by atoms with Crippen molar-refractivity contribution in [3.63, 3.8) is 0 Å². The van der Waals surface area contributed by atoms with E-state index >= 15 is 0 Å². The second-order valence-corrected chi connectivity index (χ2v) is 4.35. The Morgan fingerprint density at radius 3 is 2.78 bits per heavy atom. The molecular weight excluding hydrogens is 250 g/mol. The molecule has 94 valence electrons. The summed E-state index contributed by atoms with van der Waals surface area (Å²) in [6.07, 6.45) is 0.704. The standard InChI is InChI=1S/C13H14ClN3O/c1-3-12-16-11(15)7-13(17-12)18-10-6-9(14)5-4-8(10)2/h4-7H,3H2,1-2H3,(H2,15,16,17). The molecule has 0 aliphatic heterocycles. The van der Waals surface area contributed by atoms with Crippen molar-refractivity contribution in [1.29, 1.82) is 0 Å². The summed E-state index contributed by atoms with van der Waals surface area (Å²) >= 11 is 5.94. The third-order valence-corrected chi connectivity index (χ3v) is 2.68. The smallest absolute Gasteiger partial charge is 0.224 e. The van der Waals surface area contributed by atoms with Gasteiger partial charge in [-0.05, 0) is 24.6 Å². The number of nitrogen functional groups attached to an aromatic ring is 1. The number of anilines is 1. The SMILES string of the molecule is CCc1nc(N)cc(Oc2cc(Cl)ccc2C)n1. The third kappa shape index (κ3) is 2.90. The number of ether oxygens (including phenoxy) is 1. The highest BCUT2D eigenvalue weighted by Crippen LogP contribution is 2.27. The molecule has 2 rings (SSSR count). The van der Waals surface area contributed by atoms with Crippen LogP contribution in [0.2, 0.25) is 5.02 Å². The van der Waals surface area contributed by atoms with Crippen molar-refractivity contribution in [3.8, 4) is 11.6 Å². The number of aryl methyl sites for hydroxylation is 2. The molecule has 0 fully saturated rings. The number of benzene rings is 1. The molecule has 1 aromatic heterocycles. The van der Waals surface area contributed by atoms with Crippen LogP contribution in [-0.2, 0) is 6.42 Å². The molecule has 5 heteroatoms. The zero-order valence-electron chi connectivity index (χ0n) is 10.3. The van der Waals surface area contributed by atoms with Crippen LogP contribution in [0, 0.1) is 6.92 Å². The first-order valence-electron chi connectivity index (χ1n) is 5.66. The Morgan fingerprint density at radius 1 is 1.28 bits per heavy atom. The van der Waals surface area contributed by atoms with Crippen LogP contribution >= 0.6 is 11.6 Å². The predicted octanol–water partition coefficient (Wildman–Crippen LogP) is 3.38. The summed E-state index contributed by atoms with van der Waals surface area (Å²) in [5, 5.41) is 0.619. The number of aromatic nitrogens is 2. The monoisotopic (exact) mass is 263 g/mol. The number of hydrogen-bond donors (Lipinski definition) is 1. The molecule has 0 aliphatic rings. The zero-order valence-corrected chi connectivity index (χ0v) is 11.0. The maximum atomic E-state index is 5.94. The molecule has 0 unspecified atom stereocenters. The van der Waals surface area contributed by atoms with Crippen LogP contribution in [0.4, 0.5) is 5.82 Å². The lowest BCUT2D eigenvalue weighted by Crippen LogP contribution is -2.00. The first-order chi connectivity index (χ1) is 8.58. The second kappa shape index (κ2) is 5.23. The molecule has 2 aromatic rings. The Bertz CT molecular complexity index is 572. The highest BCUT2D eigenvalue weighted by Gasteiger charge is 2.06. The van der Waals surface area contributed by atoms with Crippen molar-refractivity contribution in [3.05, 3.63) is 40.7 Å². The predicted molar refractivity (Wildman–Crippen MR) is 72.1 cm³/mol. The van der Waals surface area contributed by atoms with Gasteiger partial charge in [-0.25, -0.2) is 4.98 Å². The van der Waals surface area contributed by atoms with Crippen LogP contribution in [0.1, 0.15) is 18.3 Å². The Kier molecular flexibility index (Phi) is 3.67. The van der Waals surface area contributed by atoms with E-state index in [9.17, 15) is 0 Å². The van der Waals surface area contributed by atoms with Crippen LogP contribution in [0.25, 0.3) is 0 Å². The van der Waals surface area contributed by atoms with Crippen LogP contribution in [0.5, 0.6) is 11.6 Å². The maximum Gasteiger partial charge on any atom is 0.224 e. The minimum absolute atomic E-state index is 0.400. The lowest BCUT2D eigenvalue weighted by atomic mass is 10.2. The van der Waals surface area contributed by atoms with E-state index < -0.39 is 0 Å². The van der Waals surface area contributed by atoms with Gasteiger partial charge < -0.3 is 10.5 Å². The van der Waals surface area contributed by atoms with E-state index in [2.05, 4.69) is 9.97 Å². The molecule has 1 aromatic carbocycles. The molecule has 0 bridgehead atoms. The average molecular weight is 264 g/mol. The van der Waals surface area contributed by atoms with Gasteiger partial charge in [0.1, 0.15) is 17.4 Å². The largest absolute Gasteiger partial charge is 0.439 e. The van der Waals surface area contributed by atoms with Crippen molar-refractivity contribution in [2.75, 3.05) is 5.73 Å². The van der Waals surface area contributed by atoms with Gasteiger partial charge in [-0.2, -0.15) is 4.98 Å². The molecule has 0 amide bonds. The van der Waals surface area contributed by atoms with Gasteiger partial charge in [-0.3, -0.25) is 0 Å². The lowest BCUT2D eigenvalue weighted by Gasteiger charge is -2.09. The van der Waals surface area contributed by atoms with Gasteiger partial charge in [0.25, 0.3) is 0 Å². The van der Waals surface area contributed by atoms with Gasteiger partial charge in [0, 0.05) is 17.5 Å². The second-order valence-electron chi connectivity index (χ2n) is 3.91. The van der Waals surface area contributed by atoms with Crippen molar-refractivity contribution in [1.82, 2.24) is 9.97 Å². The van der Waals surface area contributed by atoms with E-state index in [1.54, 1.807) is 12.1 Å². The zero-order chi connectivity index (χ0) is 13.1. The van der Waals surface area contributed by atoms with E-state index in [-0.39, 0.29) is 0 Å². The number of nitrogens with zero attached hydrogens (tertiary/aromatic N) is 2. The molecule has 1 heterocycles. The number of hydrogen-bond acceptors (Lipinski definition) is 4. The van der Waals surface area contributed by atoms with Crippen molar-refractivity contribution in [2.24, 2.45) is 0 Å². The summed E-state index contributed by atoms with van der Waals surface area (Å²) in [7, 11) is 0. The van der Waals surface area contributed by atoms with E-state index in [1.807, 2.05) is 26.0 Å². The van der Waals surface area contributed by atoms with Crippen LogP contribution in [0.15, 0.2) is 24.3 Å². The van der Waals surface area contributed by atoms with E-state index in [0.717, 1.165) is 5.56 Å². The fourth-order valence-corrected chi connectivity index (χ4v) is 1.66. The Hall–Kier alpha value is -1.81. The van der Waals surface area contributed by atoms with E-state index in [1.165, 1.54) is 0 Å². The summed E-state index contributed by atoms with van der Waals surface area (Å²) in [5.74, 6) is 2.16. The van der Waals surface area contributed by atoms with Gasteiger partial charge in [0.05, 0.1) is 0 Å². The van der Waals surface area contributed by atoms with E-state index in [4.69, 9.17) is 22.1 Å². The summed E-state index contributed by atoms with van der Waals surface area (Å²) in [6, 6.07) is 7.05. The summed E-state index contributed by atoms with van der Waals surface area (Å²) in [5.41, 5.74) is 6.68. The Morgan fingerprint density at radius 2 is 2.06 bits per heavy atom. The Balaban J connectivity index is 2.33. The van der Waals surface area contributed by atoms with Gasteiger partial charge in [0.2, 0.25) is 5.88 Å². The lowest BCUT2D eigenvalue weighted by molar-refractivity contribution is 0.456.